The molecule has 5 nitrogen and oxygen atoms in total. The Morgan fingerprint density at radius 3 is 2.52 bits per heavy atom. The summed E-state index contributed by atoms with van der Waals surface area (Å²) >= 11 is 0. The first kappa shape index (κ1) is 13.8. The second kappa shape index (κ2) is 5.10. The van der Waals surface area contributed by atoms with E-state index in [1.165, 1.54) is 0 Å². The Balaban J connectivity index is 1.79. The van der Waals surface area contributed by atoms with Gasteiger partial charge in [-0.2, -0.15) is 0 Å². The Hall–Kier alpha value is -2.86. The second-order valence-corrected chi connectivity index (χ2v) is 6.91. The normalized spacial score (nSPS) is 11.8. The standard InChI is InChI=1S/C17H13N3O2S/c21-23(22,13-4-2-1-3-5-13)20-12-6-7-16-14(10-12)15-11-18-9-8-17(15)19-16/h1-11,19-20H. The van der Waals surface area contributed by atoms with Crippen LogP contribution in [-0.4, -0.2) is 18.4 Å². The third-order valence-corrected chi connectivity index (χ3v) is 5.10. The van der Waals surface area contributed by atoms with Gasteiger partial charge < -0.3 is 4.98 Å². The van der Waals surface area contributed by atoms with Gasteiger partial charge in [0.1, 0.15) is 0 Å². The molecule has 0 aliphatic carbocycles. The zero-order chi connectivity index (χ0) is 15.9. The highest BCUT2D eigenvalue weighted by molar-refractivity contribution is 7.92. The number of hydrogen-bond acceptors (Lipinski definition) is 3. The Morgan fingerprint density at radius 1 is 0.913 bits per heavy atom. The van der Waals surface area contributed by atoms with Gasteiger partial charge in [0, 0.05) is 39.9 Å². The van der Waals surface area contributed by atoms with Crippen LogP contribution in [0.5, 0.6) is 0 Å². The van der Waals surface area contributed by atoms with Crippen molar-refractivity contribution in [3.63, 3.8) is 0 Å². The number of aromatic nitrogens is 2. The quantitative estimate of drug-likeness (QED) is 0.606. The number of nitrogens with one attached hydrogen (secondary N) is 2. The molecule has 0 fully saturated rings. The van der Waals surface area contributed by atoms with Crippen LogP contribution < -0.4 is 4.72 Å². The molecule has 23 heavy (non-hydrogen) atoms. The number of nitrogens with zero attached hydrogens (tertiary/aromatic N) is 1. The average molecular weight is 323 g/mol. The third-order valence-electron chi connectivity index (χ3n) is 3.71. The van der Waals surface area contributed by atoms with Crippen LogP contribution in [0.25, 0.3) is 21.8 Å². The van der Waals surface area contributed by atoms with E-state index in [9.17, 15) is 8.42 Å². The molecule has 2 aromatic carbocycles. The number of hydrogen-bond donors (Lipinski definition) is 2. The van der Waals surface area contributed by atoms with Crippen molar-refractivity contribution >= 4 is 37.5 Å². The molecule has 4 rings (SSSR count). The summed E-state index contributed by atoms with van der Waals surface area (Å²) in [7, 11) is -3.59. The molecule has 0 amide bonds. The molecule has 0 spiro atoms. The van der Waals surface area contributed by atoms with Gasteiger partial charge in [0.15, 0.2) is 0 Å². The lowest BCUT2D eigenvalue weighted by Crippen LogP contribution is -2.12. The maximum atomic E-state index is 12.4. The number of anilines is 1. The zero-order valence-corrected chi connectivity index (χ0v) is 12.8. The van der Waals surface area contributed by atoms with Gasteiger partial charge in [-0.25, -0.2) is 8.42 Å². The fourth-order valence-corrected chi connectivity index (χ4v) is 3.69. The number of benzene rings is 2. The highest BCUT2D eigenvalue weighted by Crippen LogP contribution is 2.28. The predicted octanol–water partition coefficient (Wildman–Crippen LogP) is 3.52. The molecule has 0 saturated carbocycles. The van der Waals surface area contributed by atoms with Crippen molar-refractivity contribution in [3.05, 3.63) is 67.0 Å². The number of H-pyrrole nitrogens is 1. The topological polar surface area (TPSA) is 74.8 Å². The molecule has 0 radical (unpaired) electrons. The fourth-order valence-electron chi connectivity index (χ4n) is 2.62. The Labute approximate surface area is 133 Å². The van der Waals surface area contributed by atoms with Gasteiger partial charge in [-0.15, -0.1) is 0 Å². The number of rotatable bonds is 3. The van der Waals surface area contributed by atoms with E-state index < -0.39 is 10.0 Å². The number of pyridine rings is 1. The number of fused-ring (bicyclic) bond motifs is 3. The van der Waals surface area contributed by atoms with Crippen molar-refractivity contribution in [1.82, 2.24) is 9.97 Å². The minimum absolute atomic E-state index is 0.237. The van der Waals surface area contributed by atoms with Crippen molar-refractivity contribution in [3.8, 4) is 0 Å². The molecule has 0 aliphatic heterocycles. The largest absolute Gasteiger partial charge is 0.354 e. The van der Waals surface area contributed by atoms with Crippen molar-refractivity contribution in [2.75, 3.05) is 4.72 Å². The molecule has 0 atom stereocenters. The van der Waals surface area contributed by atoms with E-state index in [0.29, 0.717) is 5.69 Å². The van der Waals surface area contributed by atoms with Crippen LogP contribution in [0.2, 0.25) is 0 Å². The SMILES string of the molecule is O=S(=O)(Nc1ccc2[nH]c3ccncc3c2c1)c1ccccc1. The summed E-state index contributed by atoms with van der Waals surface area (Å²) in [4.78, 5) is 7.65. The van der Waals surface area contributed by atoms with Crippen molar-refractivity contribution in [1.29, 1.82) is 0 Å². The molecule has 4 aromatic rings. The summed E-state index contributed by atoms with van der Waals surface area (Å²) in [5, 5.41) is 1.89. The first-order chi connectivity index (χ1) is 11.1. The lowest BCUT2D eigenvalue weighted by atomic mass is 10.2. The lowest BCUT2D eigenvalue weighted by Gasteiger charge is -2.08. The molecule has 0 saturated heterocycles. The summed E-state index contributed by atoms with van der Waals surface area (Å²) in [6, 6.07) is 15.6. The lowest BCUT2D eigenvalue weighted by molar-refractivity contribution is 0.601. The van der Waals surface area contributed by atoms with E-state index in [-0.39, 0.29) is 4.90 Å². The van der Waals surface area contributed by atoms with E-state index >= 15 is 0 Å². The molecule has 0 aliphatic rings. The van der Waals surface area contributed by atoms with Crippen molar-refractivity contribution < 1.29 is 8.42 Å². The highest BCUT2D eigenvalue weighted by Gasteiger charge is 2.14. The Morgan fingerprint density at radius 2 is 1.70 bits per heavy atom. The van der Waals surface area contributed by atoms with Gasteiger partial charge in [-0.3, -0.25) is 9.71 Å². The van der Waals surface area contributed by atoms with Crippen LogP contribution in [0.3, 0.4) is 0 Å². The van der Waals surface area contributed by atoms with E-state index in [1.54, 1.807) is 48.8 Å². The van der Waals surface area contributed by atoms with E-state index in [2.05, 4.69) is 14.7 Å². The average Bonchev–Trinajstić information content (AvgIpc) is 2.93. The Bertz CT molecular complexity index is 1100. The molecular formula is C17H13N3O2S. The van der Waals surface area contributed by atoms with Gasteiger partial charge in [-0.1, -0.05) is 18.2 Å². The highest BCUT2D eigenvalue weighted by atomic mass is 32.2. The van der Waals surface area contributed by atoms with Crippen LogP contribution >= 0.6 is 0 Å². The molecule has 2 aromatic heterocycles. The molecule has 0 bridgehead atoms. The molecular weight excluding hydrogens is 310 g/mol. The molecule has 2 N–H and O–H groups in total. The molecule has 6 heteroatoms. The Kier molecular flexibility index (Phi) is 3.06. The van der Waals surface area contributed by atoms with E-state index in [4.69, 9.17) is 0 Å². The maximum absolute atomic E-state index is 12.4. The zero-order valence-electron chi connectivity index (χ0n) is 12.0. The van der Waals surface area contributed by atoms with Crippen LogP contribution in [0.4, 0.5) is 5.69 Å². The van der Waals surface area contributed by atoms with E-state index in [1.807, 2.05) is 18.2 Å². The van der Waals surface area contributed by atoms with Crippen LogP contribution in [0.15, 0.2) is 71.9 Å². The summed E-state index contributed by atoms with van der Waals surface area (Å²) < 4.78 is 27.4. The van der Waals surface area contributed by atoms with Gasteiger partial charge in [0.2, 0.25) is 0 Å². The first-order valence-corrected chi connectivity index (χ1v) is 8.55. The van der Waals surface area contributed by atoms with Gasteiger partial charge in [0.05, 0.1) is 4.90 Å². The molecule has 0 unspecified atom stereocenters. The number of sulfonamides is 1. The minimum Gasteiger partial charge on any atom is -0.354 e. The smallest absolute Gasteiger partial charge is 0.261 e. The van der Waals surface area contributed by atoms with Crippen LogP contribution in [-0.2, 0) is 10.0 Å². The molecule has 2 heterocycles. The van der Waals surface area contributed by atoms with Gasteiger partial charge in [-0.05, 0) is 36.4 Å². The predicted molar refractivity (Wildman–Crippen MR) is 90.9 cm³/mol. The summed E-state index contributed by atoms with van der Waals surface area (Å²) in [5.74, 6) is 0. The first-order valence-electron chi connectivity index (χ1n) is 7.07. The monoisotopic (exact) mass is 323 g/mol. The minimum atomic E-state index is -3.59. The number of aromatic amines is 1. The maximum Gasteiger partial charge on any atom is 0.261 e. The van der Waals surface area contributed by atoms with E-state index in [0.717, 1.165) is 21.8 Å². The molecule has 114 valence electrons. The van der Waals surface area contributed by atoms with Gasteiger partial charge in [0.25, 0.3) is 10.0 Å². The van der Waals surface area contributed by atoms with Crippen molar-refractivity contribution in [2.24, 2.45) is 0 Å². The van der Waals surface area contributed by atoms with Gasteiger partial charge >= 0.3 is 0 Å². The summed E-state index contributed by atoms with van der Waals surface area (Å²) in [5.41, 5.74) is 2.43. The summed E-state index contributed by atoms with van der Waals surface area (Å²) in [6.07, 6.45) is 3.49. The van der Waals surface area contributed by atoms with Crippen LogP contribution in [0, 0.1) is 0 Å². The summed E-state index contributed by atoms with van der Waals surface area (Å²) in [6.45, 7) is 0. The fraction of sp³-hybridized carbons (Fsp3) is 0. The third kappa shape index (κ3) is 2.43. The van der Waals surface area contributed by atoms with Crippen molar-refractivity contribution in [2.45, 2.75) is 4.90 Å². The van der Waals surface area contributed by atoms with Crippen LogP contribution in [0.1, 0.15) is 0 Å². The second-order valence-electron chi connectivity index (χ2n) is 5.23.